The second-order valence-corrected chi connectivity index (χ2v) is 8.54. The normalized spacial score (nSPS) is 12.2. The monoisotopic (exact) mass is 424 g/mol. The Kier molecular flexibility index (Phi) is 6.80. The molecule has 2 amide bonds. The summed E-state index contributed by atoms with van der Waals surface area (Å²) < 4.78 is 25.7. The molecule has 0 saturated carbocycles. The van der Waals surface area contributed by atoms with E-state index in [2.05, 4.69) is 15.3 Å². The first kappa shape index (κ1) is 21.4. The molecule has 28 heavy (non-hydrogen) atoms. The molecule has 150 valence electrons. The minimum atomic E-state index is -3.93. The number of nitrogens with two attached hydrogens (primary N) is 2. The van der Waals surface area contributed by atoms with Gasteiger partial charge in [-0.3, -0.25) is 9.59 Å². The Morgan fingerprint density at radius 3 is 2.21 bits per heavy atom. The SMILES string of the molecule is CCC(Sc1nc(N)cc(N)n1)C(=O)Nc1ccc(S(=O)(=O)NC(C)=O)cc1. The summed E-state index contributed by atoms with van der Waals surface area (Å²) in [6, 6.07) is 6.85. The molecule has 1 aromatic heterocycles. The van der Waals surface area contributed by atoms with Gasteiger partial charge in [0.1, 0.15) is 11.6 Å². The Labute approximate surface area is 166 Å². The van der Waals surface area contributed by atoms with Gasteiger partial charge in [-0.2, -0.15) is 0 Å². The number of hydrogen-bond donors (Lipinski definition) is 4. The molecule has 1 atom stereocenters. The molecule has 1 aromatic carbocycles. The standard InChI is InChI=1S/C16H20N6O4S2/c1-3-12(27-16-20-13(17)8-14(18)21-16)15(24)19-10-4-6-11(7-5-10)28(25,26)22-9(2)23/h4-8,12H,3H2,1-2H3,(H,19,24)(H,22,23)(H4,17,18,20,21). The van der Waals surface area contributed by atoms with Gasteiger partial charge in [0.15, 0.2) is 5.16 Å². The lowest BCUT2D eigenvalue weighted by atomic mass is 10.3. The second-order valence-electron chi connectivity index (χ2n) is 5.69. The number of aromatic nitrogens is 2. The maximum absolute atomic E-state index is 12.5. The van der Waals surface area contributed by atoms with Gasteiger partial charge in [-0.05, 0) is 30.7 Å². The first-order chi connectivity index (χ1) is 13.1. The Hall–Kier alpha value is -2.86. The van der Waals surface area contributed by atoms with Crippen LogP contribution in [0.1, 0.15) is 20.3 Å². The summed E-state index contributed by atoms with van der Waals surface area (Å²) in [4.78, 5) is 31.5. The van der Waals surface area contributed by atoms with Gasteiger partial charge in [0.2, 0.25) is 11.8 Å². The van der Waals surface area contributed by atoms with Gasteiger partial charge >= 0.3 is 0 Å². The van der Waals surface area contributed by atoms with E-state index in [-0.39, 0.29) is 27.6 Å². The summed E-state index contributed by atoms with van der Waals surface area (Å²) >= 11 is 1.12. The molecular weight excluding hydrogens is 404 g/mol. The number of sulfonamides is 1. The van der Waals surface area contributed by atoms with Crippen molar-refractivity contribution in [3.8, 4) is 0 Å². The van der Waals surface area contributed by atoms with Crippen LogP contribution in [0.15, 0.2) is 40.4 Å². The van der Waals surface area contributed by atoms with Crippen molar-refractivity contribution < 1.29 is 18.0 Å². The fourth-order valence-corrected chi connectivity index (χ4v) is 4.05. The molecule has 0 fully saturated rings. The molecule has 1 heterocycles. The van der Waals surface area contributed by atoms with E-state index in [0.29, 0.717) is 12.1 Å². The van der Waals surface area contributed by atoms with Crippen molar-refractivity contribution in [2.45, 2.75) is 35.6 Å². The van der Waals surface area contributed by atoms with Crippen LogP contribution in [-0.2, 0) is 19.6 Å². The number of rotatable bonds is 7. The van der Waals surface area contributed by atoms with Gasteiger partial charge in [0.05, 0.1) is 10.1 Å². The van der Waals surface area contributed by atoms with Crippen molar-refractivity contribution >= 4 is 50.9 Å². The average Bonchev–Trinajstić information content (AvgIpc) is 2.58. The van der Waals surface area contributed by atoms with E-state index in [1.54, 1.807) is 0 Å². The average molecular weight is 425 g/mol. The number of nitrogen functional groups attached to an aromatic ring is 2. The van der Waals surface area contributed by atoms with Crippen molar-refractivity contribution in [1.29, 1.82) is 0 Å². The number of hydrogen-bond acceptors (Lipinski definition) is 9. The number of nitrogens with zero attached hydrogens (tertiary/aromatic N) is 2. The van der Waals surface area contributed by atoms with E-state index in [4.69, 9.17) is 11.5 Å². The number of carbonyl (C=O) groups excluding carboxylic acids is 2. The highest BCUT2D eigenvalue weighted by Crippen LogP contribution is 2.25. The van der Waals surface area contributed by atoms with Crippen LogP contribution >= 0.6 is 11.8 Å². The first-order valence-electron chi connectivity index (χ1n) is 8.11. The van der Waals surface area contributed by atoms with Crippen LogP contribution < -0.4 is 21.5 Å². The number of anilines is 3. The van der Waals surface area contributed by atoms with E-state index in [1.165, 1.54) is 30.3 Å². The summed E-state index contributed by atoms with van der Waals surface area (Å²) in [5.74, 6) is -0.582. The fraction of sp³-hybridized carbons (Fsp3) is 0.250. The third kappa shape index (κ3) is 5.82. The molecule has 0 aliphatic rings. The predicted molar refractivity (Wildman–Crippen MR) is 107 cm³/mol. The minimum Gasteiger partial charge on any atom is -0.383 e. The predicted octanol–water partition coefficient (Wildman–Crippen LogP) is 0.975. The Morgan fingerprint density at radius 2 is 1.71 bits per heavy atom. The Morgan fingerprint density at radius 1 is 1.14 bits per heavy atom. The Bertz CT molecular complexity index is 959. The molecule has 12 heteroatoms. The van der Waals surface area contributed by atoms with E-state index >= 15 is 0 Å². The molecule has 0 radical (unpaired) electrons. The van der Waals surface area contributed by atoms with Gasteiger partial charge < -0.3 is 16.8 Å². The number of thioether (sulfide) groups is 1. The summed E-state index contributed by atoms with van der Waals surface area (Å²) in [5, 5.41) is 2.48. The highest BCUT2D eigenvalue weighted by atomic mass is 32.2. The summed E-state index contributed by atoms with van der Waals surface area (Å²) in [6.45, 7) is 2.93. The van der Waals surface area contributed by atoms with Gasteiger partial charge in [-0.25, -0.2) is 23.1 Å². The Balaban J connectivity index is 2.09. The molecule has 0 bridgehead atoms. The quantitative estimate of drug-likeness (QED) is 0.373. The lowest BCUT2D eigenvalue weighted by molar-refractivity contribution is -0.117. The smallest absolute Gasteiger partial charge is 0.264 e. The lowest BCUT2D eigenvalue weighted by Crippen LogP contribution is -2.28. The molecule has 1 unspecified atom stereocenters. The number of carbonyl (C=O) groups is 2. The molecule has 2 aromatic rings. The zero-order valence-electron chi connectivity index (χ0n) is 15.2. The van der Waals surface area contributed by atoms with Crippen molar-refractivity contribution in [2.75, 3.05) is 16.8 Å². The first-order valence-corrected chi connectivity index (χ1v) is 10.5. The van der Waals surface area contributed by atoms with Crippen LogP contribution in [0.25, 0.3) is 0 Å². The van der Waals surface area contributed by atoms with Gasteiger partial charge in [0.25, 0.3) is 10.0 Å². The summed E-state index contributed by atoms with van der Waals surface area (Å²) in [7, 11) is -3.93. The van der Waals surface area contributed by atoms with Gasteiger partial charge in [-0.1, -0.05) is 18.7 Å². The fourth-order valence-electron chi connectivity index (χ4n) is 2.15. The molecular formula is C16H20N6O4S2. The zero-order chi connectivity index (χ0) is 20.9. The maximum atomic E-state index is 12.5. The van der Waals surface area contributed by atoms with Gasteiger partial charge in [0, 0.05) is 18.7 Å². The van der Waals surface area contributed by atoms with Crippen LogP contribution in [-0.4, -0.2) is 35.5 Å². The largest absolute Gasteiger partial charge is 0.383 e. The highest BCUT2D eigenvalue weighted by Gasteiger charge is 2.21. The third-order valence-electron chi connectivity index (χ3n) is 3.37. The molecule has 0 spiro atoms. The second kappa shape index (κ2) is 8.89. The number of amides is 2. The van der Waals surface area contributed by atoms with Crippen molar-refractivity contribution in [1.82, 2.24) is 14.7 Å². The number of nitrogens with one attached hydrogen (secondary N) is 2. The van der Waals surface area contributed by atoms with Crippen LogP contribution in [0.3, 0.4) is 0 Å². The van der Waals surface area contributed by atoms with Crippen molar-refractivity contribution in [3.05, 3.63) is 30.3 Å². The van der Waals surface area contributed by atoms with E-state index in [1.807, 2.05) is 11.6 Å². The molecule has 0 aliphatic heterocycles. The summed E-state index contributed by atoms with van der Waals surface area (Å²) in [6.07, 6.45) is 0.490. The van der Waals surface area contributed by atoms with Crippen molar-refractivity contribution in [2.24, 2.45) is 0 Å². The molecule has 0 aliphatic carbocycles. The van der Waals surface area contributed by atoms with E-state index < -0.39 is 21.2 Å². The van der Waals surface area contributed by atoms with Crippen LogP contribution in [0.4, 0.5) is 17.3 Å². The third-order valence-corrected chi connectivity index (χ3v) is 6.04. The number of benzene rings is 1. The molecule has 2 rings (SSSR count). The lowest BCUT2D eigenvalue weighted by Gasteiger charge is -2.14. The maximum Gasteiger partial charge on any atom is 0.264 e. The molecule has 0 saturated heterocycles. The molecule has 6 N–H and O–H groups in total. The minimum absolute atomic E-state index is 0.0919. The highest BCUT2D eigenvalue weighted by molar-refractivity contribution is 8.00. The molecule has 10 nitrogen and oxygen atoms in total. The zero-order valence-corrected chi connectivity index (χ0v) is 16.8. The summed E-state index contributed by atoms with van der Waals surface area (Å²) in [5.41, 5.74) is 11.7. The van der Waals surface area contributed by atoms with E-state index in [9.17, 15) is 18.0 Å². The van der Waals surface area contributed by atoms with Crippen molar-refractivity contribution in [3.63, 3.8) is 0 Å². The van der Waals surface area contributed by atoms with Crippen LogP contribution in [0.5, 0.6) is 0 Å². The topological polar surface area (TPSA) is 170 Å². The van der Waals surface area contributed by atoms with Crippen LogP contribution in [0.2, 0.25) is 0 Å². The van der Waals surface area contributed by atoms with Crippen LogP contribution in [0, 0.1) is 0 Å². The van der Waals surface area contributed by atoms with E-state index in [0.717, 1.165) is 18.7 Å². The van der Waals surface area contributed by atoms with Gasteiger partial charge in [-0.15, -0.1) is 0 Å².